The molecule has 1 atom stereocenters. The molecule has 0 bridgehead atoms. The normalized spacial score (nSPS) is 12.8. The van der Waals surface area contributed by atoms with Crippen LogP contribution >= 0.6 is 15.9 Å². The van der Waals surface area contributed by atoms with Crippen molar-refractivity contribution in [2.45, 2.75) is 19.5 Å². The summed E-state index contributed by atoms with van der Waals surface area (Å²) in [6.45, 7) is 3.33. The number of rotatable bonds is 5. The van der Waals surface area contributed by atoms with Crippen molar-refractivity contribution in [3.63, 3.8) is 0 Å². The quantitative estimate of drug-likeness (QED) is 0.892. The van der Waals surface area contributed by atoms with Crippen LogP contribution in [0.3, 0.4) is 0 Å². The van der Waals surface area contributed by atoms with Crippen LogP contribution < -0.4 is 5.32 Å². The maximum atomic E-state index is 13.2. The third kappa shape index (κ3) is 4.28. The Hall–Kier alpha value is -0.450. The van der Waals surface area contributed by atoms with Crippen molar-refractivity contribution in [1.82, 2.24) is 5.32 Å². The van der Waals surface area contributed by atoms with E-state index in [1.165, 1.54) is 6.07 Å². The second-order valence-corrected chi connectivity index (χ2v) is 4.34. The fraction of sp³-hybridized carbons (Fsp3) is 0.455. The van der Waals surface area contributed by atoms with Gasteiger partial charge < -0.3 is 10.1 Å². The molecule has 0 radical (unpaired) electrons. The molecule has 0 spiro atoms. The first-order chi connectivity index (χ1) is 7.13. The predicted octanol–water partition coefficient (Wildman–Crippen LogP) is 2.71. The highest BCUT2D eigenvalue weighted by Gasteiger charge is 2.03. The molecule has 84 valence electrons. The zero-order valence-electron chi connectivity index (χ0n) is 8.89. The van der Waals surface area contributed by atoms with Gasteiger partial charge in [-0.3, -0.25) is 0 Å². The van der Waals surface area contributed by atoms with E-state index in [2.05, 4.69) is 21.2 Å². The van der Waals surface area contributed by atoms with Crippen LogP contribution in [-0.4, -0.2) is 19.8 Å². The average molecular weight is 276 g/mol. The van der Waals surface area contributed by atoms with E-state index in [0.29, 0.717) is 17.6 Å². The monoisotopic (exact) mass is 275 g/mol. The van der Waals surface area contributed by atoms with E-state index >= 15 is 0 Å². The lowest BCUT2D eigenvalue weighted by Gasteiger charge is -2.12. The number of halogens is 2. The summed E-state index contributed by atoms with van der Waals surface area (Å²) in [5, 5.41) is 3.24. The standard InChI is InChI=1S/C11H15BrFNO/c1-8(7-15-2)14-6-9-3-4-10(12)11(13)5-9/h3-5,8,14H,6-7H2,1-2H3. The highest BCUT2D eigenvalue weighted by molar-refractivity contribution is 9.10. The van der Waals surface area contributed by atoms with E-state index in [4.69, 9.17) is 4.74 Å². The molecule has 1 aromatic rings. The topological polar surface area (TPSA) is 21.3 Å². The summed E-state index contributed by atoms with van der Waals surface area (Å²) in [5.41, 5.74) is 0.929. The van der Waals surface area contributed by atoms with Gasteiger partial charge in [0.1, 0.15) is 5.82 Å². The molecule has 1 aromatic carbocycles. The first-order valence-corrected chi connectivity index (χ1v) is 5.59. The SMILES string of the molecule is COCC(C)NCc1ccc(Br)c(F)c1. The summed E-state index contributed by atoms with van der Waals surface area (Å²) in [4.78, 5) is 0. The number of hydrogen-bond donors (Lipinski definition) is 1. The minimum Gasteiger partial charge on any atom is -0.383 e. The summed E-state index contributed by atoms with van der Waals surface area (Å²) in [6, 6.07) is 5.39. The lowest BCUT2D eigenvalue weighted by Crippen LogP contribution is -2.29. The zero-order valence-corrected chi connectivity index (χ0v) is 10.5. The molecule has 15 heavy (non-hydrogen) atoms. The first kappa shape index (κ1) is 12.6. The smallest absolute Gasteiger partial charge is 0.137 e. The summed E-state index contributed by atoms with van der Waals surface area (Å²) in [5.74, 6) is -0.228. The molecule has 0 amide bonds. The maximum Gasteiger partial charge on any atom is 0.137 e. The van der Waals surface area contributed by atoms with Crippen molar-refractivity contribution in [1.29, 1.82) is 0 Å². The minimum atomic E-state index is -0.228. The van der Waals surface area contributed by atoms with E-state index in [-0.39, 0.29) is 11.9 Å². The molecule has 1 rings (SSSR count). The number of ether oxygens (including phenoxy) is 1. The maximum absolute atomic E-state index is 13.2. The predicted molar refractivity (Wildman–Crippen MR) is 62.3 cm³/mol. The molecule has 0 saturated carbocycles. The van der Waals surface area contributed by atoms with Crippen molar-refractivity contribution in [3.8, 4) is 0 Å². The third-order valence-electron chi connectivity index (χ3n) is 2.06. The lowest BCUT2D eigenvalue weighted by molar-refractivity contribution is 0.171. The Balaban J connectivity index is 2.47. The van der Waals surface area contributed by atoms with Gasteiger partial charge in [0.25, 0.3) is 0 Å². The van der Waals surface area contributed by atoms with Gasteiger partial charge in [-0.15, -0.1) is 0 Å². The molecule has 0 aromatic heterocycles. The van der Waals surface area contributed by atoms with Crippen LogP contribution in [0.2, 0.25) is 0 Å². The van der Waals surface area contributed by atoms with Gasteiger partial charge in [0.05, 0.1) is 11.1 Å². The second-order valence-electron chi connectivity index (χ2n) is 3.49. The van der Waals surface area contributed by atoms with Gasteiger partial charge in [0.15, 0.2) is 0 Å². The fourth-order valence-electron chi connectivity index (χ4n) is 1.25. The summed E-state index contributed by atoms with van der Waals surface area (Å²) < 4.78 is 18.6. The number of benzene rings is 1. The molecule has 0 saturated heterocycles. The minimum absolute atomic E-state index is 0.228. The average Bonchev–Trinajstić information content (AvgIpc) is 2.20. The van der Waals surface area contributed by atoms with E-state index in [1.54, 1.807) is 13.2 Å². The summed E-state index contributed by atoms with van der Waals surface area (Å²) >= 11 is 3.12. The molecular formula is C11H15BrFNO. The van der Waals surface area contributed by atoms with Gasteiger partial charge in [0, 0.05) is 19.7 Å². The molecule has 2 nitrogen and oxygen atoms in total. The van der Waals surface area contributed by atoms with Crippen molar-refractivity contribution < 1.29 is 9.13 Å². The van der Waals surface area contributed by atoms with E-state index < -0.39 is 0 Å². The molecule has 4 heteroatoms. The fourth-order valence-corrected chi connectivity index (χ4v) is 1.50. The number of methoxy groups -OCH3 is 1. The van der Waals surface area contributed by atoms with Gasteiger partial charge in [-0.1, -0.05) is 6.07 Å². The van der Waals surface area contributed by atoms with Crippen LogP contribution in [0.5, 0.6) is 0 Å². The highest BCUT2D eigenvalue weighted by atomic mass is 79.9. The third-order valence-corrected chi connectivity index (χ3v) is 2.70. The first-order valence-electron chi connectivity index (χ1n) is 4.79. The second kappa shape index (κ2) is 6.20. The molecule has 0 aliphatic carbocycles. The Morgan fingerprint density at radius 1 is 1.53 bits per heavy atom. The molecule has 1 unspecified atom stereocenters. The Morgan fingerprint density at radius 2 is 2.27 bits per heavy atom. The van der Waals surface area contributed by atoms with Crippen molar-refractivity contribution >= 4 is 15.9 Å². The van der Waals surface area contributed by atoms with Crippen LogP contribution in [0.1, 0.15) is 12.5 Å². The molecular weight excluding hydrogens is 261 g/mol. The van der Waals surface area contributed by atoms with Crippen molar-refractivity contribution in [2.24, 2.45) is 0 Å². The Kier molecular flexibility index (Phi) is 5.22. The summed E-state index contributed by atoms with van der Waals surface area (Å²) in [7, 11) is 1.66. The van der Waals surface area contributed by atoms with E-state index in [1.807, 2.05) is 13.0 Å². The molecule has 1 N–H and O–H groups in total. The van der Waals surface area contributed by atoms with Gasteiger partial charge in [-0.2, -0.15) is 0 Å². The van der Waals surface area contributed by atoms with Crippen LogP contribution in [0.25, 0.3) is 0 Å². The Labute approximate surface area is 98.0 Å². The van der Waals surface area contributed by atoms with Gasteiger partial charge in [-0.25, -0.2) is 4.39 Å². The Morgan fingerprint density at radius 3 is 2.87 bits per heavy atom. The zero-order chi connectivity index (χ0) is 11.3. The molecule has 0 fully saturated rings. The van der Waals surface area contributed by atoms with Gasteiger partial charge in [0.2, 0.25) is 0 Å². The van der Waals surface area contributed by atoms with Crippen LogP contribution in [0.15, 0.2) is 22.7 Å². The number of hydrogen-bond acceptors (Lipinski definition) is 2. The van der Waals surface area contributed by atoms with Gasteiger partial charge in [-0.05, 0) is 40.5 Å². The number of nitrogens with one attached hydrogen (secondary N) is 1. The summed E-state index contributed by atoms with van der Waals surface area (Å²) in [6.07, 6.45) is 0. The van der Waals surface area contributed by atoms with Crippen LogP contribution in [0, 0.1) is 5.82 Å². The lowest BCUT2D eigenvalue weighted by atomic mass is 10.2. The highest BCUT2D eigenvalue weighted by Crippen LogP contribution is 2.16. The van der Waals surface area contributed by atoms with Crippen LogP contribution in [-0.2, 0) is 11.3 Å². The van der Waals surface area contributed by atoms with Crippen molar-refractivity contribution in [2.75, 3.05) is 13.7 Å². The van der Waals surface area contributed by atoms with Crippen LogP contribution in [0.4, 0.5) is 4.39 Å². The van der Waals surface area contributed by atoms with E-state index in [0.717, 1.165) is 5.56 Å². The van der Waals surface area contributed by atoms with Gasteiger partial charge >= 0.3 is 0 Å². The van der Waals surface area contributed by atoms with Crippen molar-refractivity contribution in [3.05, 3.63) is 34.1 Å². The molecule has 0 aliphatic heterocycles. The molecule has 0 heterocycles. The molecule has 0 aliphatic rings. The van der Waals surface area contributed by atoms with E-state index in [9.17, 15) is 4.39 Å². The Bertz CT molecular complexity index is 319. The largest absolute Gasteiger partial charge is 0.383 e.